The molecule has 0 saturated carbocycles. The third-order valence-electron chi connectivity index (χ3n) is 0.773. The molecule has 0 aliphatic rings. The molecule has 0 bridgehead atoms. The predicted molar refractivity (Wildman–Crippen MR) is 31.3 cm³/mol. The molecule has 9 heavy (non-hydrogen) atoms. The topological polar surface area (TPSA) is 52.0 Å². The molecule has 0 saturated heterocycles. The summed E-state index contributed by atoms with van der Waals surface area (Å²) >= 11 is 0. The van der Waals surface area contributed by atoms with Crippen LogP contribution in [0.2, 0.25) is 0 Å². The lowest BCUT2D eigenvalue weighted by atomic mass is 10.8. The second-order valence-electron chi connectivity index (χ2n) is 1.58. The van der Waals surface area contributed by atoms with Crippen LogP contribution in [0.1, 0.15) is 0 Å². The Bertz CT molecular complexity index is 274. The SMILES string of the molecule is CS(=O)(=O)n1cc[c]n1. The van der Waals surface area contributed by atoms with Gasteiger partial charge in [-0.3, -0.25) is 0 Å². The molecule has 0 atom stereocenters. The monoisotopic (exact) mass is 145 g/mol. The molecule has 49 valence electrons. The number of hydrogen-bond acceptors (Lipinski definition) is 3. The Morgan fingerprint density at radius 3 is 2.56 bits per heavy atom. The van der Waals surface area contributed by atoms with Crippen molar-refractivity contribution in [2.24, 2.45) is 0 Å². The Labute approximate surface area is 53.2 Å². The van der Waals surface area contributed by atoms with Gasteiger partial charge in [-0.25, -0.2) is 8.42 Å². The number of aromatic nitrogens is 2. The first kappa shape index (κ1) is 6.28. The first-order valence-corrected chi connectivity index (χ1v) is 4.08. The van der Waals surface area contributed by atoms with Gasteiger partial charge in [-0.15, -0.1) is 0 Å². The molecular weight excluding hydrogens is 140 g/mol. The maximum Gasteiger partial charge on any atom is 0.250 e. The molecule has 4 nitrogen and oxygen atoms in total. The molecule has 1 aromatic rings. The van der Waals surface area contributed by atoms with Crippen LogP contribution in [-0.4, -0.2) is 23.9 Å². The fraction of sp³-hybridized carbons (Fsp3) is 0.250. The van der Waals surface area contributed by atoms with E-state index in [-0.39, 0.29) is 0 Å². The second-order valence-corrected chi connectivity index (χ2v) is 3.42. The van der Waals surface area contributed by atoms with Gasteiger partial charge in [0.05, 0.1) is 6.26 Å². The van der Waals surface area contributed by atoms with Crippen LogP contribution in [0.25, 0.3) is 0 Å². The van der Waals surface area contributed by atoms with Crippen LogP contribution >= 0.6 is 0 Å². The minimum atomic E-state index is -3.19. The van der Waals surface area contributed by atoms with Crippen molar-refractivity contribution in [3.63, 3.8) is 0 Å². The Hall–Kier alpha value is -0.840. The lowest BCUT2D eigenvalue weighted by molar-refractivity contribution is 0.586. The minimum Gasteiger partial charge on any atom is -0.205 e. The second kappa shape index (κ2) is 1.84. The van der Waals surface area contributed by atoms with E-state index in [1.807, 2.05) is 0 Å². The zero-order valence-electron chi connectivity index (χ0n) is 4.77. The van der Waals surface area contributed by atoms with Gasteiger partial charge < -0.3 is 0 Å². The first-order valence-electron chi connectivity index (χ1n) is 2.23. The van der Waals surface area contributed by atoms with Crippen LogP contribution in [0.5, 0.6) is 0 Å². The molecular formula is C4H5N2O2S. The normalized spacial score (nSPS) is 11.7. The van der Waals surface area contributed by atoms with Crippen molar-refractivity contribution in [1.29, 1.82) is 0 Å². The number of nitrogens with zero attached hydrogens (tertiary/aromatic N) is 2. The maximum absolute atomic E-state index is 10.6. The average molecular weight is 145 g/mol. The summed E-state index contributed by atoms with van der Waals surface area (Å²) in [7, 11) is -3.19. The van der Waals surface area contributed by atoms with Gasteiger partial charge in [0.1, 0.15) is 6.20 Å². The molecule has 5 heteroatoms. The van der Waals surface area contributed by atoms with Crippen LogP contribution in [0, 0.1) is 6.20 Å². The Morgan fingerprint density at radius 1 is 1.67 bits per heavy atom. The summed E-state index contributed by atoms with van der Waals surface area (Å²) in [5, 5.41) is 3.39. The molecule has 1 rings (SSSR count). The van der Waals surface area contributed by atoms with Crippen LogP contribution in [0.15, 0.2) is 12.3 Å². The van der Waals surface area contributed by atoms with Crippen molar-refractivity contribution < 1.29 is 8.42 Å². The molecule has 1 aromatic heterocycles. The van der Waals surface area contributed by atoms with E-state index in [1.165, 1.54) is 12.3 Å². The summed E-state index contributed by atoms with van der Waals surface area (Å²) in [5.74, 6) is 0. The summed E-state index contributed by atoms with van der Waals surface area (Å²) in [6, 6.07) is 1.43. The Kier molecular flexibility index (Phi) is 1.28. The van der Waals surface area contributed by atoms with Crippen LogP contribution in [-0.2, 0) is 10.0 Å². The van der Waals surface area contributed by atoms with E-state index in [9.17, 15) is 8.42 Å². The average Bonchev–Trinajstić information content (AvgIpc) is 2.08. The van der Waals surface area contributed by atoms with Crippen LogP contribution < -0.4 is 0 Å². The predicted octanol–water partition coefficient (Wildman–Crippen LogP) is -0.509. The summed E-state index contributed by atoms with van der Waals surface area (Å²) in [6.45, 7) is 0. The lowest BCUT2D eigenvalue weighted by Crippen LogP contribution is -2.09. The van der Waals surface area contributed by atoms with Gasteiger partial charge in [-0.2, -0.15) is 9.19 Å². The van der Waals surface area contributed by atoms with E-state index < -0.39 is 10.0 Å². The third-order valence-corrected chi connectivity index (χ3v) is 1.66. The van der Waals surface area contributed by atoms with E-state index in [1.54, 1.807) is 0 Å². The number of rotatable bonds is 1. The molecule has 0 spiro atoms. The van der Waals surface area contributed by atoms with E-state index in [2.05, 4.69) is 11.3 Å². The highest BCUT2D eigenvalue weighted by molar-refractivity contribution is 7.89. The van der Waals surface area contributed by atoms with Gasteiger partial charge in [-0.05, 0) is 6.07 Å². The van der Waals surface area contributed by atoms with E-state index in [4.69, 9.17) is 0 Å². The summed E-state index contributed by atoms with van der Waals surface area (Å²) in [5.41, 5.74) is 0. The zero-order chi connectivity index (χ0) is 6.91. The molecule has 0 aliphatic heterocycles. The molecule has 0 amide bonds. The van der Waals surface area contributed by atoms with E-state index in [0.29, 0.717) is 0 Å². The summed E-state index contributed by atoms with van der Waals surface area (Å²) < 4.78 is 22.0. The molecule has 1 heterocycles. The molecule has 0 N–H and O–H groups in total. The van der Waals surface area contributed by atoms with Gasteiger partial charge in [0.25, 0.3) is 10.0 Å². The first-order chi connectivity index (χ1) is 4.11. The molecule has 0 aliphatic carbocycles. The maximum atomic E-state index is 10.6. The highest BCUT2D eigenvalue weighted by Gasteiger charge is 2.01. The minimum absolute atomic E-state index is 0.854. The van der Waals surface area contributed by atoms with Gasteiger partial charge in [0, 0.05) is 6.20 Å². The van der Waals surface area contributed by atoms with Gasteiger partial charge in [0.2, 0.25) is 0 Å². The van der Waals surface area contributed by atoms with Crippen molar-refractivity contribution in [3.8, 4) is 0 Å². The fourth-order valence-electron chi connectivity index (χ4n) is 0.405. The van der Waals surface area contributed by atoms with Gasteiger partial charge in [0.15, 0.2) is 0 Å². The van der Waals surface area contributed by atoms with Crippen molar-refractivity contribution in [2.75, 3.05) is 6.26 Å². The molecule has 0 unspecified atom stereocenters. The fourth-order valence-corrected chi connectivity index (χ4v) is 0.883. The smallest absolute Gasteiger partial charge is 0.205 e. The van der Waals surface area contributed by atoms with Crippen molar-refractivity contribution >= 4 is 10.0 Å². The van der Waals surface area contributed by atoms with E-state index >= 15 is 0 Å². The highest BCUT2D eigenvalue weighted by atomic mass is 32.2. The van der Waals surface area contributed by atoms with Crippen molar-refractivity contribution in [1.82, 2.24) is 9.19 Å². The summed E-state index contributed by atoms with van der Waals surface area (Å²) in [6.07, 6.45) is 4.78. The molecule has 1 radical (unpaired) electrons. The highest BCUT2D eigenvalue weighted by Crippen LogP contribution is 1.87. The Morgan fingerprint density at radius 2 is 2.33 bits per heavy atom. The van der Waals surface area contributed by atoms with E-state index in [0.717, 1.165) is 10.3 Å². The number of hydrogen-bond donors (Lipinski definition) is 0. The van der Waals surface area contributed by atoms with Crippen molar-refractivity contribution in [3.05, 3.63) is 18.5 Å². The largest absolute Gasteiger partial charge is 0.250 e. The molecule has 0 fully saturated rings. The summed E-state index contributed by atoms with van der Waals surface area (Å²) in [4.78, 5) is 0. The van der Waals surface area contributed by atoms with Crippen LogP contribution in [0.3, 0.4) is 0 Å². The van der Waals surface area contributed by atoms with Crippen molar-refractivity contribution in [2.45, 2.75) is 0 Å². The van der Waals surface area contributed by atoms with Crippen LogP contribution in [0.4, 0.5) is 0 Å². The lowest BCUT2D eigenvalue weighted by Gasteiger charge is -1.92. The van der Waals surface area contributed by atoms with Gasteiger partial charge >= 0.3 is 0 Å². The zero-order valence-corrected chi connectivity index (χ0v) is 5.59. The Balaban J connectivity index is 3.20. The molecule has 0 aromatic carbocycles. The quantitative estimate of drug-likeness (QED) is 0.535. The third kappa shape index (κ3) is 1.29. The van der Waals surface area contributed by atoms with Gasteiger partial charge in [-0.1, -0.05) is 0 Å². The standard InChI is InChI=1S/C4H5N2O2S/c1-9(7,8)6-4-2-3-5-6/h2,4H,1H3.